The first kappa shape index (κ1) is 15.3. The summed E-state index contributed by atoms with van der Waals surface area (Å²) in [5.74, 6) is 0. The van der Waals surface area contributed by atoms with Crippen LogP contribution < -0.4 is 5.32 Å². The average molecular weight is 307 g/mol. The smallest absolute Gasteiger partial charge is 0.0453 e. The Morgan fingerprint density at radius 1 is 1.24 bits per heavy atom. The number of hydrogen-bond donors (Lipinski definition) is 1. The molecule has 3 rings (SSSR count). The molecule has 2 nitrogen and oxygen atoms in total. The Labute approximate surface area is 133 Å². The van der Waals surface area contributed by atoms with E-state index in [0.29, 0.717) is 5.54 Å². The average Bonchev–Trinajstić information content (AvgIpc) is 2.87. The second-order valence-electron chi connectivity index (χ2n) is 7.62. The second-order valence-corrected chi connectivity index (χ2v) is 8.03. The molecule has 0 aromatic heterocycles. The summed E-state index contributed by atoms with van der Waals surface area (Å²) in [7, 11) is 0. The summed E-state index contributed by atoms with van der Waals surface area (Å²) in [5.41, 5.74) is 3.04. The van der Waals surface area contributed by atoms with Gasteiger partial charge in [-0.05, 0) is 50.8 Å². The van der Waals surface area contributed by atoms with Crippen LogP contribution in [-0.4, -0.2) is 29.1 Å². The molecule has 1 aliphatic heterocycles. The van der Waals surface area contributed by atoms with Gasteiger partial charge in [0.05, 0.1) is 0 Å². The van der Waals surface area contributed by atoms with Crippen LogP contribution in [0.25, 0.3) is 0 Å². The highest BCUT2D eigenvalue weighted by molar-refractivity contribution is 6.31. The minimum absolute atomic E-state index is 0.186. The number of hydrogen-bond acceptors (Lipinski definition) is 2. The molecule has 0 radical (unpaired) electrons. The number of piperazine rings is 1. The zero-order chi connectivity index (χ0) is 15.1. The van der Waals surface area contributed by atoms with Gasteiger partial charge in [0.25, 0.3) is 0 Å². The summed E-state index contributed by atoms with van der Waals surface area (Å²) in [5, 5.41) is 4.67. The minimum Gasteiger partial charge on any atom is -0.309 e. The molecule has 0 amide bonds. The molecule has 2 aliphatic rings. The monoisotopic (exact) mass is 306 g/mol. The first-order chi connectivity index (χ1) is 9.90. The van der Waals surface area contributed by atoms with Gasteiger partial charge in [-0.15, -0.1) is 0 Å². The van der Waals surface area contributed by atoms with Gasteiger partial charge in [-0.1, -0.05) is 36.6 Å². The van der Waals surface area contributed by atoms with E-state index in [4.69, 9.17) is 11.6 Å². The Hall–Kier alpha value is -0.570. The number of nitrogens with one attached hydrogen (secondary N) is 1. The molecule has 0 bridgehead atoms. The first-order valence-corrected chi connectivity index (χ1v) is 8.53. The third-order valence-corrected chi connectivity index (χ3v) is 5.61. The van der Waals surface area contributed by atoms with Crippen molar-refractivity contribution in [2.75, 3.05) is 13.1 Å². The van der Waals surface area contributed by atoms with Crippen LogP contribution in [0.4, 0.5) is 0 Å². The SMILES string of the molecule is Cc1ccc(CN2CC(C)(C)NCC23CCCC3)c(Cl)c1. The van der Waals surface area contributed by atoms with E-state index in [0.717, 1.165) is 24.7 Å². The van der Waals surface area contributed by atoms with Gasteiger partial charge < -0.3 is 5.32 Å². The highest BCUT2D eigenvalue weighted by atomic mass is 35.5. The van der Waals surface area contributed by atoms with Crippen molar-refractivity contribution in [2.45, 2.75) is 64.1 Å². The summed E-state index contributed by atoms with van der Waals surface area (Å²) in [6, 6.07) is 6.47. The van der Waals surface area contributed by atoms with Gasteiger partial charge >= 0.3 is 0 Å². The zero-order valence-electron chi connectivity index (χ0n) is 13.5. The van der Waals surface area contributed by atoms with Crippen LogP contribution in [0.5, 0.6) is 0 Å². The lowest BCUT2D eigenvalue weighted by atomic mass is 9.86. The molecular weight excluding hydrogens is 280 g/mol. The van der Waals surface area contributed by atoms with Crippen molar-refractivity contribution in [3.8, 4) is 0 Å². The molecule has 0 unspecified atom stereocenters. The van der Waals surface area contributed by atoms with Crippen molar-refractivity contribution in [2.24, 2.45) is 0 Å². The van der Waals surface area contributed by atoms with Gasteiger partial charge in [0.1, 0.15) is 0 Å². The highest BCUT2D eigenvalue weighted by Crippen LogP contribution is 2.39. The predicted molar refractivity (Wildman–Crippen MR) is 89.9 cm³/mol. The molecule has 1 saturated carbocycles. The van der Waals surface area contributed by atoms with E-state index in [2.05, 4.69) is 49.2 Å². The van der Waals surface area contributed by atoms with Crippen LogP contribution in [0.2, 0.25) is 5.02 Å². The lowest BCUT2D eigenvalue weighted by Crippen LogP contribution is -2.66. The highest BCUT2D eigenvalue weighted by Gasteiger charge is 2.45. The third-order valence-electron chi connectivity index (χ3n) is 5.26. The number of nitrogens with zero attached hydrogens (tertiary/aromatic N) is 1. The normalized spacial score (nSPS) is 24.6. The minimum atomic E-state index is 0.186. The van der Waals surface area contributed by atoms with Gasteiger partial charge in [-0.2, -0.15) is 0 Å². The van der Waals surface area contributed by atoms with Gasteiger partial charge in [0.2, 0.25) is 0 Å². The molecular formula is C18H27ClN2. The molecule has 1 heterocycles. The Balaban J connectivity index is 1.85. The van der Waals surface area contributed by atoms with Gasteiger partial charge in [0.15, 0.2) is 0 Å². The molecule has 116 valence electrons. The molecule has 1 saturated heterocycles. The van der Waals surface area contributed by atoms with Gasteiger partial charge in [0, 0.05) is 35.7 Å². The Kier molecular flexibility index (Phi) is 4.06. The molecule has 0 atom stereocenters. The van der Waals surface area contributed by atoms with Crippen molar-refractivity contribution in [3.63, 3.8) is 0 Å². The van der Waals surface area contributed by atoms with Crippen LogP contribution in [0, 0.1) is 6.92 Å². The fourth-order valence-corrected chi connectivity index (χ4v) is 4.25. The van der Waals surface area contributed by atoms with E-state index in [1.54, 1.807) is 0 Å². The summed E-state index contributed by atoms with van der Waals surface area (Å²) in [4.78, 5) is 2.70. The number of benzene rings is 1. The van der Waals surface area contributed by atoms with Crippen LogP contribution in [0.3, 0.4) is 0 Å². The van der Waals surface area contributed by atoms with Crippen molar-refractivity contribution in [1.29, 1.82) is 0 Å². The Morgan fingerprint density at radius 2 is 1.95 bits per heavy atom. The number of halogens is 1. The Bertz CT molecular complexity index is 518. The van der Waals surface area contributed by atoms with Gasteiger partial charge in [-0.25, -0.2) is 0 Å². The second kappa shape index (κ2) is 5.57. The summed E-state index contributed by atoms with van der Waals surface area (Å²) < 4.78 is 0. The number of aryl methyl sites for hydroxylation is 1. The molecule has 1 N–H and O–H groups in total. The standard InChI is InChI=1S/C18H27ClN2/c1-14-6-7-15(16(19)10-14)11-21-13-17(2,3)20-12-18(21)8-4-5-9-18/h6-7,10,20H,4-5,8-9,11-13H2,1-3H3. The van der Waals surface area contributed by atoms with E-state index in [1.807, 2.05) is 0 Å². The number of rotatable bonds is 2. The van der Waals surface area contributed by atoms with E-state index in [1.165, 1.54) is 36.8 Å². The molecule has 1 aliphatic carbocycles. The lowest BCUT2D eigenvalue weighted by Gasteiger charge is -2.51. The molecule has 3 heteroatoms. The van der Waals surface area contributed by atoms with Crippen molar-refractivity contribution < 1.29 is 0 Å². The maximum Gasteiger partial charge on any atom is 0.0453 e. The molecule has 1 aromatic rings. The van der Waals surface area contributed by atoms with Crippen LogP contribution >= 0.6 is 11.6 Å². The largest absolute Gasteiger partial charge is 0.309 e. The maximum absolute atomic E-state index is 6.47. The van der Waals surface area contributed by atoms with Crippen LogP contribution in [0.1, 0.15) is 50.7 Å². The van der Waals surface area contributed by atoms with Crippen molar-refractivity contribution in [1.82, 2.24) is 10.2 Å². The fraction of sp³-hybridized carbons (Fsp3) is 0.667. The van der Waals surface area contributed by atoms with Crippen molar-refractivity contribution >= 4 is 11.6 Å². The van der Waals surface area contributed by atoms with E-state index in [-0.39, 0.29) is 5.54 Å². The van der Waals surface area contributed by atoms with Crippen LogP contribution in [-0.2, 0) is 6.54 Å². The first-order valence-electron chi connectivity index (χ1n) is 8.15. The Morgan fingerprint density at radius 3 is 2.62 bits per heavy atom. The summed E-state index contributed by atoms with van der Waals surface area (Å²) >= 11 is 6.47. The topological polar surface area (TPSA) is 15.3 Å². The van der Waals surface area contributed by atoms with E-state index in [9.17, 15) is 0 Å². The molecule has 1 aromatic carbocycles. The summed E-state index contributed by atoms with van der Waals surface area (Å²) in [6.45, 7) is 9.89. The maximum atomic E-state index is 6.47. The van der Waals surface area contributed by atoms with Crippen LogP contribution in [0.15, 0.2) is 18.2 Å². The lowest BCUT2D eigenvalue weighted by molar-refractivity contribution is 0.0122. The van der Waals surface area contributed by atoms with Crippen molar-refractivity contribution in [3.05, 3.63) is 34.3 Å². The molecule has 21 heavy (non-hydrogen) atoms. The summed E-state index contributed by atoms with van der Waals surface area (Å²) in [6.07, 6.45) is 5.36. The third kappa shape index (κ3) is 3.13. The molecule has 1 spiro atoms. The van der Waals surface area contributed by atoms with E-state index < -0.39 is 0 Å². The molecule has 2 fully saturated rings. The zero-order valence-corrected chi connectivity index (χ0v) is 14.3. The van der Waals surface area contributed by atoms with Gasteiger partial charge in [-0.3, -0.25) is 4.90 Å². The quantitative estimate of drug-likeness (QED) is 0.883. The fourth-order valence-electron chi connectivity index (χ4n) is 3.95. The van der Waals surface area contributed by atoms with E-state index >= 15 is 0 Å². The predicted octanol–water partition coefficient (Wildman–Crippen LogP) is 4.15.